The van der Waals surface area contributed by atoms with Gasteiger partial charge in [-0.25, -0.2) is 4.98 Å². The maximum absolute atomic E-state index is 6.12. The van der Waals surface area contributed by atoms with Gasteiger partial charge in [0, 0.05) is 18.8 Å². The van der Waals surface area contributed by atoms with Crippen LogP contribution in [0, 0.1) is 0 Å². The van der Waals surface area contributed by atoms with E-state index in [4.69, 9.17) is 10.5 Å². The lowest BCUT2D eigenvalue weighted by atomic mass is 10.1. The van der Waals surface area contributed by atoms with Crippen LogP contribution >= 0.6 is 0 Å². The molecule has 1 aliphatic carbocycles. The summed E-state index contributed by atoms with van der Waals surface area (Å²) in [6, 6.07) is 0. The van der Waals surface area contributed by atoms with Gasteiger partial charge in [-0.2, -0.15) is 0 Å². The molecule has 2 aliphatic rings. The van der Waals surface area contributed by atoms with Gasteiger partial charge in [0.15, 0.2) is 12.1 Å². The van der Waals surface area contributed by atoms with Crippen LogP contribution in [0.2, 0.25) is 0 Å². The van der Waals surface area contributed by atoms with Crippen LogP contribution in [0.25, 0.3) is 6.08 Å². The van der Waals surface area contributed by atoms with Gasteiger partial charge in [0.25, 0.3) is 0 Å². The fourth-order valence-corrected chi connectivity index (χ4v) is 2.72. The zero-order valence-corrected chi connectivity index (χ0v) is 11.4. The van der Waals surface area contributed by atoms with Crippen molar-refractivity contribution >= 4 is 6.08 Å². The number of rotatable bonds is 3. The van der Waals surface area contributed by atoms with Gasteiger partial charge >= 0.3 is 0 Å². The smallest absolute Gasteiger partial charge is 0.164 e. The molecule has 2 heterocycles. The highest BCUT2D eigenvalue weighted by Gasteiger charge is 2.22. The molecule has 0 saturated carbocycles. The van der Waals surface area contributed by atoms with Crippen molar-refractivity contribution in [2.75, 3.05) is 20.1 Å². The van der Waals surface area contributed by atoms with E-state index in [-0.39, 0.29) is 6.10 Å². The molecule has 0 bridgehead atoms. The first-order chi connectivity index (χ1) is 9.22. The van der Waals surface area contributed by atoms with Crippen molar-refractivity contribution in [3.63, 3.8) is 0 Å². The zero-order chi connectivity index (χ0) is 13.2. The van der Waals surface area contributed by atoms with Gasteiger partial charge in [-0.1, -0.05) is 6.08 Å². The number of allylic oxidation sites excluding steroid dienone is 1. The summed E-state index contributed by atoms with van der Waals surface area (Å²) in [5, 5.41) is 0. The number of aromatic nitrogens is 2. The number of fused-ring (bicyclic) bond motifs is 1. The zero-order valence-electron chi connectivity index (χ0n) is 11.4. The average molecular weight is 262 g/mol. The minimum Gasteiger partial charge on any atom is -0.353 e. The molecular weight excluding hydrogens is 240 g/mol. The molecule has 0 aromatic carbocycles. The van der Waals surface area contributed by atoms with Crippen LogP contribution < -0.4 is 5.73 Å². The number of imidazole rings is 1. The van der Waals surface area contributed by atoms with Gasteiger partial charge in [-0.05, 0) is 38.8 Å². The molecule has 3 N–H and O–H groups in total. The van der Waals surface area contributed by atoms with Crippen LogP contribution in [0.3, 0.4) is 0 Å². The number of hydrogen-bond acceptors (Lipinski definition) is 4. The molecule has 1 aliphatic heterocycles. The van der Waals surface area contributed by atoms with Crippen LogP contribution in [0.15, 0.2) is 6.08 Å². The minimum atomic E-state index is -0.438. The fraction of sp³-hybridized carbons (Fsp3) is 0.643. The topological polar surface area (TPSA) is 67.2 Å². The summed E-state index contributed by atoms with van der Waals surface area (Å²) in [5.74, 6) is 0.760. The number of piperidine rings is 1. The molecule has 0 amide bonds. The predicted molar refractivity (Wildman–Crippen MR) is 74.5 cm³/mol. The Balaban J connectivity index is 1.62. The second kappa shape index (κ2) is 5.45. The first-order valence-corrected chi connectivity index (χ1v) is 7.07. The van der Waals surface area contributed by atoms with E-state index in [0.717, 1.165) is 50.3 Å². The largest absolute Gasteiger partial charge is 0.353 e. The van der Waals surface area contributed by atoms with Gasteiger partial charge < -0.3 is 14.6 Å². The van der Waals surface area contributed by atoms with Crippen molar-refractivity contribution in [1.29, 1.82) is 0 Å². The van der Waals surface area contributed by atoms with E-state index in [1.807, 2.05) is 0 Å². The lowest BCUT2D eigenvalue weighted by molar-refractivity contribution is -0.0417. The second-order valence-corrected chi connectivity index (χ2v) is 5.49. The van der Waals surface area contributed by atoms with E-state index in [1.54, 1.807) is 0 Å². The predicted octanol–water partition coefficient (Wildman–Crippen LogP) is 1.44. The van der Waals surface area contributed by atoms with Gasteiger partial charge in [-0.3, -0.25) is 5.73 Å². The first-order valence-electron chi connectivity index (χ1n) is 7.07. The minimum absolute atomic E-state index is 0.254. The highest BCUT2D eigenvalue weighted by Crippen LogP contribution is 2.22. The lowest BCUT2D eigenvalue weighted by Crippen LogP contribution is -2.36. The van der Waals surface area contributed by atoms with Gasteiger partial charge in [-0.15, -0.1) is 0 Å². The van der Waals surface area contributed by atoms with E-state index in [0.29, 0.717) is 0 Å². The Kier molecular flexibility index (Phi) is 3.68. The van der Waals surface area contributed by atoms with Crippen molar-refractivity contribution in [3.8, 4) is 0 Å². The number of ether oxygens (including phenoxy) is 1. The maximum Gasteiger partial charge on any atom is 0.164 e. The molecule has 1 fully saturated rings. The average Bonchev–Trinajstić information content (AvgIpc) is 2.85. The first kappa shape index (κ1) is 12.8. The number of nitrogens with zero attached hydrogens (tertiary/aromatic N) is 2. The summed E-state index contributed by atoms with van der Waals surface area (Å²) >= 11 is 0. The number of nitrogens with one attached hydrogen (secondary N) is 1. The van der Waals surface area contributed by atoms with Crippen molar-refractivity contribution in [2.24, 2.45) is 5.73 Å². The van der Waals surface area contributed by atoms with E-state index >= 15 is 0 Å². The summed E-state index contributed by atoms with van der Waals surface area (Å²) in [7, 11) is 2.14. The fourth-order valence-electron chi connectivity index (χ4n) is 2.72. The van der Waals surface area contributed by atoms with E-state index in [9.17, 15) is 0 Å². The van der Waals surface area contributed by atoms with E-state index < -0.39 is 6.23 Å². The van der Waals surface area contributed by atoms with Crippen LogP contribution in [-0.2, 0) is 11.2 Å². The number of H-pyrrole nitrogens is 1. The summed E-state index contributed by atoms with van der Waals surface area (Å²) < 4.78 is 5.94. The van der Waals surface area contributed by atoms with Gasteiger partial charge in [0.1, 0.15) is 0 Å². The maximum atomic E-state index is 6.12. The van der Waals surface area contributed by atoms with Crippen molar-refractivity contribution in [1.82, 2.24) is 14.9 Å². The van der Waals surface area contributed by atoms with Crippen molar-refractivity contribution in [2.45, 2.75) is 38.0 Å². The molecule has 1 atom stereocenters. The molecule has 19 heavy (non-hydrogen) atoms. The second-order valence-electron chi connectivity index (χ2n) is 5.49. The van der Waals surface area contributed by atoms with Crippen molar-refractivity contribution < 1.29 is 4.74 Å². The number of aryl methyl sites for hydroxylation is 1. The molecule has 0 spiro atoms. The molecule has 5 heteroatoms. The molecule has 1 aromatic heterocycles. The SMILES string of the molecule is CN1CCC(OC(N)c2nc3c([nH]2)CCC=C3)CC1. The molecular formula is C14H22N4O. The lowest BCUT2D eigenvalue weighted by Gasteiger charge is -2.30. The van der Waals surface area contributed by atoms with Crippen LogP contribution in [0.4, 0.5) is 0 Å². The molecule has 1 saturated heterocycles. The summed E-state index contributed by atoms with van der Waals surface area (Å²) in [6.07, 6.45) is 8.20. The van der Waals surface area contributed by atoms with Crippen molar-refractivity contribution in [3.05, 3.63) is 23.3 Å². The quantitative estimate of drug-likeness (QED) is 0.809. The number of hydrogen-bond donors (Lipinski definition) is 2. The Morgan fingerprint density at radius 3 is 3.00 bits per heavy atom. The molecule has 1 aromatic rings. The normalized spacial score (nSPS) is 22.4. The highest BCUT2D eigenvalue weighted by atomic mass is 16.5. The molecule has 3 rings (SSSR count). The molecule has 0 radical (unpaired) electrons. The summed E-state index contributed by atoms with van der Waals surface area (Å²) in [4.78, 5) is 10.2. The Hall–Kier alpha value is -1.17. The van der Waals surface area contributed by atoms with Gasteiger partial charge in [0.05, 0.1) is 11.8 Å². The monoisotopic (exact) mass is 262 g/mol. The molecule has 104 valence electrons. The Labute approximate surface area is 113 Å². The highest BCUT2D eigenvalue weighted by molar-refractivity contribution is 5.50. The van der Waals surface area contributed by atoms with Gasteiger partial charge in [0.2, 0.25) is 0 Å². The number of aromatic amines is 1. The third-order valence-electron chi connectivity index (χ3n) is 3.94. The van der Waals surface area contributed by atoms with Crippen LogP contribution in [-0.4, -0.2) is 41.1 Å². The third kappa shape index (κ3) is 2.88. The number of likely N-dealkylation sites (tertiary alicyclic amines) is 1. The summed E-state index contributed by atoms with van der Waals surface area (Å²) in [5.41, 5.74) is 8.32. The standard InChI is InChI=1S/C14H22N4O/c1-18-8-6-10(7-9-18)19-13(15)14-16-11-4-2-3-5-12(11)17-14/h2,4,10,13H,3,5-9,15H2,1H3,(H,16,17). The Morgan fingerprint density at radius 2 is 2.26 bits per heavy atom. The summed E-state index contributed by atoms with van der Waals surface area (Å²) in [6.45, 7) is 2.16. The number of nitrogens with two attached hydrogens (primary N) is 1. The molecule has 1 unspecified atom stereocenters. The third-order valence-corrected chi connectivity index (χ3v) is 3.94. The Bertz CT molecular complexity index is 460. The Morgan fingerprint density at radius 1 is 1.47 bits per heavy atom. The van der Waals surface area contributed by atoms with E-state index in [1.165, 1.54) is 5.69 Å². The molecule has 5 nitrogen and oxygen atoms in total. The van der Waals surface area contributed by atoms with Crippen LogP contribution in [0.1, 0.15) is 42.7 Å². The van der Waals surface area contributed by atoms with Crippen LogP contribution in [0.5, 0.6) is 0 Å². The van der Waals surface area contributed by atoms with E-state index in [2.05, 4.69) is 34.1 Å².